The molecule has 1 rings (SSSR count). The number of hydrogen-bond acceptors (Lipinski definition) is 0. The number of allylic oxidation sites excluding steroid dienone is 5. The van der Waals surface area contributed by atoms with Crippen LogP contribution in [-0.4, -0.2) is 0 Å². The molecule has 0 fully saturated rings. The molecule has 0 aromatic rings. The third kappa shape index (κ3) is 2.84. The van der Waals surface area contributed by atoms with Gasteiger partial charge in [-0.3, -0.25) is 0 Å². The number of rotatable bonds is 1. The van der Waals surface area contributed by atoms with Crippen LogP contribution in [0.1, 0.15) is 26.7 Å². The summed E-state index contributed by atoms with van der Waals surface area (Å²) in [6.45, 7) is 4.25. The topological polar surface area (TPSA) is 0 Å². The molecule has 0 aromatic heterocycles. The molecule has 0 bridgehead atoms. The predicted molar refractivity (Wildman–Crippen MR) is 57.3 cm³/mol. The molecule has 0 N–H and O–H groups in total. The molecule has 0 aliphatic heterocycles. The molecule has 0 spiro atoms. The minimum absolute atomic E-state index is 0.994. The van der Waals surface area contributed by atoms with E-state index in [1.807, 2.05) is 0 Å². The maximum Gasteiger partial charge on any atom is -0.000258 e. The second kappa shape index (κ2) is 4.49. The van der Waals surface area contributed by atoms with Gasteiger partial charge < -0.3 is 0 Å². The van der Waals surface area contributed by atoms with Gasteiger partial charge in [0.25, 0.3) is 0 Å². The van der Waals surface area contributed by atoms with Gasteiger partial charge in [-0.1, -0.05) is 28.9 Å². The Labute approximate surface area is 82.5 Å². The second-order valence-electron chi connectivity index (χ2n) is 2.91. The Kier molecular flexibility index (Phi) is 3.58. The summed E-state index contributed by atoms with van der Waals surface area (Å²) < 4.78 is 1.24. The van der Waals surface area contributed by atoms with Gasteiger partial charge in [-0.05, 0) is 47.5 Å². The van der Waals surface area contributed by atoms with Crippen molar-refractivity contribution in [3.63, 3.8) is 0 Å². The third-order valence-electron chi connectivity index (χ3n) is 1.82. The lowest BCUT2D eigenvalue weighted by atomic mass is 10.1. The Morgan fingerprint density at radius 1 is 1.58 bits per heavy atom. The van der Waals surface area contributed by atoms with Crippen molar-refractivity contribution in [2.24, 2.45) is 0 Å². The van der Waals surface area contributed by atoms with Crippen LogP contribution in [0.5, 0.6) is 0 Å². The molecule has 0 unspecified atom stereocenters. The minimum atomic E-state index is 0.994. The first-order valence-corrected chi connectivity index (χ1v) is 5.00. The Morgan fingerprint density at radius 2 is 2.33 bits per heavy atom. The van der Waals surface area contributed by atoms with Gasteiger partial charge in [0.2, 0.25) is 0 Å². The first-order valence-electron chi connectivity index (χ1n) is 4.20. The van der Waals surface area contributed by atoms with Gasteiger partial charge in [-0.25, -0.2) is 0 Å². The summed E-state index contributed by atoms with van der Waals surface area (Å²) in [5.41, 5.74) is 5.81. The smallest absolute Gasteiger partial charge is 0.000258 e. The van der Waals surface area contributed by atoms with E-state index in [0.717, 1.165) is 12.8 Å². The molecule has 0 saturated carbocycles. The molecule has 1 aliphatic rings. The normalized spacial score (nSPS) is 26.1. The lowest BCUT2D eigenvalue weighted by Gasteiger charge is -2.00. The fourth-order valence-electron chi connectivity index (χ4n) is 1.02. The Balaban J connectivity index is 3.03. The summed E-state index contributed by atoms with van der Waals surface area (Å²) in [6.07, 6.45) is 8.43. The van der Waals surface area contributed by atoms with Gasteiger partial charge in [0, 0.05) is 0 Å². The lowest BCUT2D eigenvalue weighted by molar-refractivity contribution is 1.14. The highest BCUT2D eigenvalue weighted by Gasteiger charge is 1.95. The molecule has 1 heteroatoms. The standard InChI is InChI=1S/C11H13Br/c1-3-10-6-4-9(2)5-7-11(12)8-10/h4-5,8H,3,7H2,1-2H3/b9-5-,11-8+. The maximum atomic E-state index is 3.52. The first-order chi connectivity index (χ1) is 5.72. The first kappa shape index (κ1) is 9.57. The van der Waals surface area contributed by atoms with E-state index in [-0.39, 0.29) is 0 Å². The third-order valence-corrected chi connectivity index (χ3v) is 2.37. The Bertz CT molecular complexity index is 286. The fourth-order valence-corrected chi connectivity index (χ4v) is 1.46. The molecular formula is C11H13Br. The highest BCUT2D eigenvalue weighted by Crippen LogP contribution is 2.18. The van der Waals surface area contributed by atoms with E-state index in [1.54, 1.807) is 0 Å². The molecule has 0 amide bonds. The highest BCUT2D eigenvalue weighted by molar-refractivity contribution is 9.11. The highest BCUT2D eigenvalue weighted by atomic mass is 79.9. The molecular weight excluding hydrogens is 212 g/mol. The number of halogens is 1. The molecule has 64 valence electrons. The van der Waals surface area contributed by atoms with Crippen LogP contribution in [-0.2, 0) is 0 Å². The van der Waals surface area contributed by atoms with Crippen LogP contribution in [0.2, 0.25) is 0 Å². The summed E-state index contributed by atoms with van der Waals surface area (Å²) >= 11 is 3.52. The van der Waals surface area contributed by atoms with Crippen molar-refractivity contribution in [3.8, 4) is 0 Å². The lowest BCUT2D eigenvalue weighted by Crippen LogP contribution is -1.80. The molecule has 0 atom stereocenters. The van der Waals surface area contributed by atoms with Crippen molar-refractivity contribution in [3.05, 3.63) is 39.6 Å². The quantitative estimate of drug-likeness (QED) is 0.589. The van der Waals surface area contributed by atoms with Gasteiger partial charge in [0.1, 0.15) is 0 Å². The Morgan fingerprint density at radius 3 is 3.00 bits per heavy atom. The monoisotopic (exact) mass is 224 g/mol. The average molecular weight is 225 g/mol. The molecule has 0 nitrogen and oxygen atoms in total. The predicted octanol–water partition coefficient (Wildman–Crippen LogP) is 4.11. The summed E-state index contributed by atoms with van der Waals surface area (Å²) in [5, 5.41) is 0. The van der Waals surface area contributed by atoms with Crippen LogP contribution in [0.15, 0.2) is 39.6 Å². The SMILES string of the molecule is CCC1=C=C/C(C)=C\C/C(Br)=C\1. The van der Waals surface area contributed by atoms with Gasteiger partial charge in [0.15, 0.2) is 0 Å². The molecule has 12 heavy (non-hydrogen) atoms. The van der Waals surface area contributed by atoms with Crippen molar-refractivity contribution >= 4 is 15.9 Å². The summed E-state index contributed by atoms with van der Waals surface area (Å²) in [4.78, 5) is 0. The van der Waals surface area contributed by atoms with Crippen LogP contribution < -0.4 is 0 Å². The molecule has 0 saturated heterocycles. The zero-order valence-corrected chi connectivity index (χ0v) is 9.11. The van der Waals surface area contributed by atoms with E-state index < -0.39 is 0 Å². The molecule has 0 heterocycles. The van der Waals surface area contributed by atoms with Crippen molar-refractivity contribution in [1.82, 2.24) is 0 Å². The van der Waals surface area contributed by atoms with Gasteiger partial charge >= 0.3 is 0 Å². The van der Waals surface area contributed by atoms with Crippen LogP contribution in [0.25, 0.3) is 0 Å². The van der Waals surface area contributed by atoms with Crippen molar-refractivity contribution < 1.29 is 0 Å². The van der Waals surface area contributed by atoms with Gasteiger partial charge in [-0.2, -0.15) is 0 Å². The van der Waals surface area contributed by atoms with Gasteiger partial charge in [-0.15, -0.1) is 5.73 Å². The average Bonchev–Trinajstić information content (AvgIpc) is 2.06. The van der Waals surface area contributed by atoms with E-state index in [2.05, 4.69) is 53.7 Å². The molecule has 0 aromatic carbocycles. The van der Waals surface area contributed by atoms with E-state index in [4.69, 9.17) is 0 Å². The van der Waals surface area contributed by atoms with Crippen molar-refractivity contribution in [1.29, 1.82) is 0 Å². The molecule has 1 aliphatic carbocycles. The van der Waals surface area contributed by atoms with Crippen LogP contribution in [0, 0.1) is 0 Å². The number of hydrogen-bond donors (Lipinski definition) is 0. The van der Waals surface area contributed by atoms with Crippen LogP contribution in [0.4, 0.5) is 0 Å². The van der Waals surface area contributed by atoms with Crippen molar-refractivity contribution in [2.75, 3.05) is 0 Å². The summed E-state index contributed by atoms with van der Waals surface area (Å²) in [6, 6.07) is 0. The van der Waals surface area contributed by atoms with Gasteiger partial charge in [0.05, 0.1) is 0 Å². The maximum absolute atomic E-state index is 3.52. The zero-order valence-electron chi connectivity index (χ0n) is 7.52. The van der Waals surface area contributed by atoms with Crippen LogP contribution in [0.3, 0.4) is 0 Å². The van der Waals surface area contributed by atoms with E-state index in [1.165, 1.54) is 15.6 Å². The summed E-state index contributed by atoms with van der Waals surface area (Å²) in [7, 11) is 0. The largest absolute Gasteiger partial charge is 0.117 e. The second-order valence-corrected chi connectivity index (χ2v) is 3.93. The molecule has 0 radical (unpaired) electrons. The fraction of sp³-hybridized carbons (Fsp3) is 0.364. The summed E-state index contributed by atoms with van der Waals surface area (Å²) in [5.74, 6) is 0. The van der Waals surface area contributed by atoms with Crippen molar-refractivity contribution in [2.45, 2.75) is 26.7 Å². The van der Waals surface area contributed by atoms with E-state index in [9.17, 15) is 0 Å². The van der Waals surface area contributed by atoms with E-state index in [0.29, 0.717) is 0 Å². The zero-order chi connectivity index (χ0) is 8.97. The van der Waals surface area contributed by atoms with Crippen LogP contribution >= 0.6 is 15.9 Å². The van der Waals surface area contributed by atoms with E-state index >= 15 is 0 Å². The Hall–Kier alpha value is -0.520. The minimum Gasteiger partial charge on any atom is -0.117 e.